The summed E-state index contributed by atoms with van der Waals surface area (Å²) >= 11 is 0. The van der Waals surface area contributed by atoms with E-state index in [-0.39, 0.29) is 5.78 Å². The van der Waals surface area contributed by atoms with E-state index in [2.05, 4.69) is 17.2 Å². The lowest BCUT2D eigenvalue weighted by Gasteiger charge is -2.15. The average molecular weight is 318 g/mol. The van der Waals surface area contributed by atoms with E-state index >= 15 is 0 Å². The molecular formula is C21H22N2O. The minimum absolute atomic E-state index is 0.108. The second kappa shape index (κ2) is 5.90. The molecule has 3 heteroatoms. The summed E-state index contributed by atoms with van der Waals surface area (Å²) < 4.78 is 0. The fraction of sp³-hybridized carbons (Fsp3) is 0.333. The van der Waals surface area contributed by atoms with Gasteiger partial charge in [0.05, 0.1) is 6.21 Å². The number of carbonyl (C=O) groups excluding carboxylic acids is 1. The number of hydrogen-bond acceptors (Lipinski definition) is 3. The van der Waals surface area contributed by atoms with Crippen molar-refractivity contribution in [2.45, 2.75) is 31.1 Å². The van der Waals surface area contributed by atoms with Gasteiger partial charge in [0.25, 0.3) is 0 Å². The first-order chi connectivity index (χ1) is 11.6. The Hall–Kier alpha value is -2.42. The lowest BCUT2D eigenvalue weighted by molar-refractivity contribution is 0.103. The quantitative estimate of drug-likeness (QED) is 0.481. The van der Waals surface area contributed by atoms with Crippen molar-refractivity contribution < 1.29 is 4.79 Å². The van der Waals surface area contributed by atoms with Gasteiger partial charge >= 0.3 is 0 Å². The van der Waals surface area contributed by atoms with Gasteiger partial charge in [0.1, 0.15) is 0 Å². The molecule has 2 aliphatic carbocycles. The summed E-state index contributed by atoms with van der Waals surface area (Å²) in [6.45, 7) is 0. The van der Waals surface area contributed by atoms with Crippen molar-refractivity contribution in [2.75, 3.05) is 14.1 Å². The molecule has 0 N–H and O–H groups in total. The molecule has 2 aliphatic rings. The first kappa shape index (κ1) is 15.1. The standard InChI is InChI=1S/C21H22N2O/c1-23(2)22-13-14-3-5-15(6-4-14)21(24)18-9-10-19-16-7-8-17(11-16)20(19)12-18/h3-6,9-10,12-13,16-17H,7-8,11H2,1-2H3. The van der Waals surface area contributed by atoms with Crippen LogP contribution in [0.15, 0.2) is 47.6 Å². The number of nitrogens with zero attached hydrogens (tertiary/aromatic N) is 2. The molecule has 2 atom stereocenters. The predicted molar refractivity (Wildman–Crippen MR) is 96.9 cm³/mol. The molecule has 0 aliphatic heterocycles. The molecular weight excluding hydrogens is 296 g/mol. The van der Waals surface area contributed by atoms with Crippen LogP contribution in [-0.4, -0.2) is 31.1 Å². The second-order valence-electron chi connectivity index (χ2n) is 7.09. The minimum atomic E-state index is 0.108. The van der Waals surface area contributed by atoms with Gasteiger partial charge in [0.15, 0.2) is 5.78 Å². The molecule has 2 bridgehead atoms. The van der Waals surface area contributed by atoms with Crippen LogP contribution in [0.3, 0.4) is 0 Å². The minimum Gasteiger partial charge on any atom is -0.303 e. The van der Waals surface area contributed by atoms with Gasteiger partial charge in [0, 0.05) is 25.2 Å². The Morgan fingerprint density at radius 1 is 1.00 bits per heavy atom. The first-order valence-corrected chi connectivity index (χ1v) is 8.62. The zero-order valence-electron chi connectivity index (χ0n) is 14.2. The van der Waals surface area contributed by atoms with Crippen molar-refractivity contribution in [1.29, 1.82) is 0 Å². The maximum atomic E-state index is 12.8. The molecule has 24 heavy (non-hydrogen) atoms. The lowest BCUT2D eigenvalue weighted by atomic mass is 9.89. The molecule has 2 unspecified atom stereocenters. The number of carbonyl (C=O) groups is 1. The number of fused-ring (bicyclic) bond motifs is 5. The van der Waals surface area contributed by atoms with Crippen LogP contribution in [0.4, 0.5) is 0 Å². The molecule has 1 saturated carbocycles. The van der Waals surface area contributed by atoms with Gasteiger partial charge in [-0.1, -0.05) is 36.4 Å². The topological polar surface area (TPSA) is 32.7 Å². The Balaban J connectivity index is 1.57. The second-order valence-corrected chi connectivity index (χ2v) is 7.09. The van der Waals surface area contributed by atoms with E-state index in [1.807, 2.05) is 44.4 Å². The van der Waals surface area contributed by atoms with E-state index in [0.29, 0.717) is 5.92 Å². The molecule has 2 aromatic carbocycles. The monoisotopic (exact) mass is 318 g/mol. The van der Waals surface area contributed by atoms with Crippen molar-refractivity contribution in [3.05, 3.63) is 70.3 Å². The molecule has 0 saturated heterocycles. The SMILES string of the molecule is CN(C)N=Cc1ccc(C(=O)c2ccc3c(c2)C2CCC3C2)cc1. The molecule has 122 valence electrons. The van der Waals surface area contributed by atoms with Crippen LogP contribution < -0.4 is 0 Å². The predicted octanol–water partition coefficient (Wildman–Crippen LogP) is 4.18. The smallest absolute Gasteiger partial charge is 0.193 e. The summed E-state index contributed by atoms with van der Waals surface area (Å²) in [7, 11) is 3.77. The van der Waals surface area contributed by atoms with Gasteiger partial charge in [-0.3, -0.25) is 4.79 Å². The van der Waals surface area contributed by atoms with E-state index < -0.39 is 0 Å². The average Bonchev–Trinajstić information content (AvgIpc) is 3.22. The highest BCUT2D eigenvalue weighted by molar-refractivity contribution is 6.09. The number of hydrogen-bond donors (Lipinski definition) is 0. The molecule has 0 spiro atoms. The van der Waals surface area contributed by atoms with Gasteiger partial charge < -0.3 is 5.01 Å². The van der Waals surface area contributed by atoms with Crippen LogP contribution in [0.5, 0.6) is 0 Å². The van der Waals surface area contributed by atoms with E-state index in [1.54, 1.807) is 11.2 Å². The fourth-order valence-corrected chi connectivity index (χ4v) is 4.06. The Morgan fingerprint density at radius 3 is 2.38 bits per heavy atom. The highest BCUT2D eigenvalue weighted by Crippen LogP contribution is 2.53. The van der Waals surface area contributed by atoms with E-state index in [1.165, 1.54) is 30.4 Å². The molecule has 3 nitrogen and oxygen atoms in total. The van der Waals surface area contributed by atoms with Gasteiger partial charge in [-0.2, -0.15) is 5.10 Å². The maximum Gasteiger partial charge on any atom is 0.193 e. The Labute approximate surface area is 143 Å². The van der Waals surface area contributed by atoms with Crippen LogP contribution in [0.25, 0.3) is 0 Å². The third-order valence-corrected chi connectivity index (χ3v) is 5.27. The molecule has 4 rings (SSSR count). The third kappa shape index (κ3) is 2.64. The van der Waals surface area contributed by atoms with Gasteiger partial charge in [-0.15, -0.1) is 0 Å². The van der Waals surface area contributed by atoms with E-state index in [9.17, 15) is 4.79 Å². The summed E-state index contributed by atoms with van der Waals surface area (Å²) in [6.07, 6.45) is 5.68. The van der Waals surface area contributed by atoms with Crippen LogP contribution >= 0.6 is 0 Å². The van der Waals surface area contributed by atoms with Crippen molar-refractivity contribution >= 4 is 12.0 Å². The third-order valence-electron chi connectivity index (χ3n) is 5.27. The van der Waals surface area contributed by atoms with E-state index in [4.69, 9.17) is 0 Å². The van der Waals surface area contributed by atoms with Gasteiger partial charge in [-0.05, 0) is 53.9 Å². The summed E-state index contributed by atoms with van der Waals surface area (Å²) in [4.78, 5) is 12.8. The van der Waals surface area contributed by atoms with Crippen LogP contribution in [-0.2, 0) is 0 Å². The molecule has 1 fully saturated rings. The van der Waals surface area contributed by atoms with Crippen LogP contribution in [0, 0.1) is 0 Å². The normalized spacial score (nSPS) is 21.2. The molecule has 0 heterocycles. The van der Waals surface area contributed by atoms with E-state index in [0.717, 1.165) is 22.6 Å². The highest BCUT2D eigenvalue weighted by Gasteiger charge is 2.36. The highest BCUT2D eigenvalue weighted by atomic mass is 16.1. The Morgan fingerprint density at radius 2 is 1.67 bits per heavy atom. The van der Waals surface area contributed by atoms with Gasteiger partial charge in [-0.25, -0.2) is 0 Å². The number of ketones is 1. The van der Waals surface area contributed by atoms with Crippen LogP contribution in [0.1, 0.15) is 63.7 Å². The molecule has 0 aromatic heterocycles. The lowest BCUT2D eigenvalue weighted by Crippen LogP contribution is -2.05. The first-order valence-electron chi connectivity index (χ1n) is 8.62. The number of hydrazone groups is 1. The van der Waals surface area contributed by atoms with Crippen molar-refractivity contribution in [2.24, 2.45) is 5.10 Å². The molecule has 2 aromatic rings. The zero-order valence-corrected chi connectivity index (χ0v) is 14.2. The van der Waals surface area contributed by atoms with Crippen molar-refractivity contribution in [3.63, 3.8) is 0 Å². The van der Waals surface area contributed by atoms with Crippen LogP contribution in [0.2, 0.25) is 0 Å². The van der Waals surface area contributed by atoms with Gasteiger partial charge in [0.2, 0.25) is 0 Å². The molecule has 0 amide bonds. The number of benzene rings is 2. The van der Waals surface area contributed by atoms with Crippen molar-refractivity contribution in [3.8, 4) is 0 Å². The Kier molecular flexibility index (Phi) is 3.72. The summed E-state index contributed by atoms with van der Waals surface area (Å²) in [6, 6.07) is 14.0. The maximum absolute atomic E-state index is 12.8. The molecule has 0 radical (unpaired) electrons. The van der Waals surface area contributed by atoms with Crippen molar-refractivity contribution in [1.82, 2.24) is 5.01 Å². The number of rotatable bonds is 4. The zero-order chi connectivity index (χ0) is 16.7. The fourth-order valence-electron chi connectivity index (χ4n) is 4.06. The largest absolute Gasteiger partial charge is 0.303 e. The Bertz CT molecular complexity index is 805. The summed E-state index contributed by atoms with van der Waals surface area (Å²) in [5.41, 5.74) is 5.45. The summed E-state index contributed by atoms with van der Waals surface area (Å²) in [5.74, 6) is 1.53. The summed E-state index contributed by atoms with van der Waals surface area (Å²) in [5, 5.41) is 5.96.